The van der Waals surface area contributed by atoms with Gasteiger partial charge < -0.3 is 5.32 Å². The summed E-state index contributed by atoms with van der Waals surface area (Å²) in [5.41, 5.74) is 2.57. The average molecular weight is 401 g/mol. The molecule has 0 fully saturated rings. The second kappa shape index (κ2) is 7.64. The van der Waals surface area contributed by atoms with Crippen molar-refractivity contribution in [1.82, 2.24) is 0 Å². The number of nitrogens with zero attached hydrogens (tertiary/aromatic N) is 1. The molecule has 0 saturated heterocycles. The molecule has 5 nitrogen and oxygen atoms in total. The summed E-state index contributed by atoms with van der Waals surface area (Å²) in [6.07, 6.45) is 1.06. The van der Waals surface area contributed by atoms with E-state index in [1.807, 2.05) is 19.9 Å². The molecule has 0 saturated carbocycles. The van der Waals surface area contributed by atoms with Gasteiger partial charge in [-0.1, -0.05) is 29.3 Å². The van der Waals surface area contributed by atoms with Crippen molar-refractivity contribution in [2.75, 3.05) is 22.4 Å². The first kappa shape index (κ1) is 19.6. The summed E-state index contributed by atoms with van der Waals surface area (Å²) in [5.74, 6) is -0.520. The topological polar surface area (TPSA) is 66.5 Å². The largest absolute Gasteiger partial charge is 0.323 e. The van der Waals surface area contributed by atoms with Gasteiger partial charge in [0, 0.05) is 5.02 Å². The van der Waals surface area contributed by atoms with Gasteiger partial charge in [0.05, 0.1) is 22.7 Å². The molecule has 0 aliphatic rings. The summed E-state index contributed by atoms with van der Waals surface area (Å²) in [4.78, 5) is 12.4. The fourth-order valence-corrected chi connectivity index (χ4v) is 3.59. The van der Waals surface area contributed by atoms with E-state index in [0.717, 1.165) is 21.7 Å². The van der Waals surface area contributed by atoms with Crippen LogP contribution in [0.3, 0.4) is 0 Å². The van der Waals surface area contributed by atoms with Crippen LogP contribution in [0.25, 0.3) is 0 Å². The minimum atomic E-state index is -3.64. The molecule has 0 radical (unpaired) electrons. The lowest BCUT2D eigenvalue weighted by Crippen LogP contribution is -2.37. The molecule has 2 rings (SSSR count). The zero-order valence-corrected chi connectivity index (χ0v) is 16.3. The van der Waals surface area contributed by atoms with Gasteiger partial charge in [0.25, 0.3) is 0 Å². The molecule has 8 heteroatoms. The van der Waals surface area contributed by atoms with Crippen LogP contribution in [-0.2, 0) is 14.8 Å². The Morgan fingerprint density at radius 1 is 1.08 bits per heavy atom. The summed E-state index contributed by atoms with van der Waals surface area (Å²) in [6.45, 7) is 3.36. The van der Waals surface area contributed by atoms with Crippen LogP contribution in [-0.4, -0.2) is 27.1 Å². The molecule has 134 valence electrons. The maximum absolute atomic E-state index is 12.4. The zero-order chi connectivity index (χ0) is 18.8. The van der Waals surface area contributed by atoms with Crippen molar-refractivity contribution < 1.29 is 13.2 Å². The van der Waals surface area contributed by atoms with E-state index in [-0.39, 0.29) is 6.54 Å². The third-order valence-electron chi connectivity index (χ3n) is 3.38. The summed E-state index contributed by atoms with van der Waals surface area (Å²) >= 11 is 11.9. The van der Waals surface area contributed by atoms with Gasteiger partial charge in [0.2, 0.25) is 15.9 Å². The van der Waals surface area contributed by atoms with Crippen molar-refractivity contribution in [1.29, 1.82) is 0 Å². The van der Waals surface area contributed by atoms with Crippen LogP contribution in [0.15, 0.2) is 36.4 Å². The lowest BCUT2D eigenvalue weighted by Gasteiger charge is -2.23. The lowest BCUT2D eigenvalue weighted by atomic mass is 10.1. The molecule has 0 unspecified atom stereocenters. The van der Waals surface area contributed by atoms with Gasteiger partial charge in [-0.3, -0.25) is 9.10 Å². The summed E-state index contributed by atoms with van der Waals surface area (Å²) < 4.78 is 25.4. The highest BCUT2D eigenvalue weighted by atomic mass is 35.5. The number of hydrogen-bond donors (Lipinski definition) is 1. The van der Waals surface area contributed by atoms with Gasteiger partial charge in [-0.2, -0.15) is 0 Å². The third-order valence-corrected chi connectivity index (χ3v) is 5.09. The van der Waals surface area contributed by atoms with E-state index in [2.05, 4.69) is 5.32 Å². The van der Waals surface area contributed by atoms with Gasteiger partial charge in [-0.25, -0.2) is 8.42 Å². The van der Waals surface area contributed by atoms with Crippen molar-refractivity contribution in [3.05, 3.63) is 57.6 Å². The molecule has 0 atom stereocenters. The quantitative estimate of drug-likeness (QED) is 0.823. The summed E-state index contributed by atoms with van der Waals surface area (Å²) in [5, 5.41) is 3.32. The van der Waals surface area contributed by atoms with Crippen molar-refractivity contribution in [2.45, 2.75) is 13.8 Å². The van der Waals surface area contributed by atoms with E-state index in [1.54, 1.807) is 24.3 Å². The highest BCUT2D eigenvalue weighted by molar-refractivity contribution is 7.92. The molecule has 0 aromatic heterocycles. The number of aryl methyl sites for hydroxylation is 2. The standard InChI is InChI=1S/C17H18Cl2N2O3S/c1-11-6-12(2)8-14(7-11)21(25(3,23)24)10-17(22)20-16-9-13(18)4-5-15(16)19/h4-9H,10H2,1-3H3,(H,20,22). The van der Waals surface area contributed by atoms with Crippen LogP contribution >= 0.6 is 23.2 Å². The number of halogens is 2. The van der Waals surface area contributed by atoms with Crippen molar-refractivity contribution in [2.24, 2.45) is 0 Å². The first-order chi connectivity index (χ1) is 11.6. The highest BCUT2D eigenvalue weighted by Gasteiger charge is 2.21. The molecule has 1 amide bonds. The predicted octanol–water partition coefficient (Wildman–Crippen LogP) is 4.01. The number of anilines is 2. The van der Waals surface area contributed by atoms with Crippen molar-refractivity contribution >= 4 is 50.5 Å². The Morgan fingerprint density at radius 3 is 2.24 bits per heavy atom. The van der Waals surface area contributed by atoms with Crippen molar-refractivity contribution in [3.63, 3.8) is 0 Å². The zero-order valence-electron chi connectivity index (χ0n) is 14.0. The van der Waals surface area contributed by atoms with E-state index in [4.69, 9.17) is 23.2 Å². The molecule has 1 N–H and O–H groups in total. The second-order valence-corrected chi connectivity index (χ2v) is 8.54. The van der Waals surface area contributed by atoms with Crippen LogP contribution in [0, 0.1) is 13.8 Å². The van der Waals surface area contributed by atoms with Crippen LogP contribution < -0.4 is 9.62 Å². The van der Waals surface area contributed by atoms with Crippen LogP contribution in [0.4, 0.5) is 11.4 Å². The average Bonchev–Trinajstić information content (AvgIpc) is 2.46. The molecule has 25 heavy (non-hydrogen) atoms. The van der Waals surface area contributed by atoms with E-state index in [0.29, 0.717) is 21.4 Å². The number of benzene rings is 2. The fraction of sp³-hybridized carbons (Fsp3) is 0.235. The number of nitrogens with one attached hydrogen (secondary N) is 1. The minimum absolute atomic E-state index is 0.315. The molecule has 0 aliphatic carbocycles. The van der Waals surface area contributed by atoms with Gasteiger partial charge in [0.1, 0.15) is 6.54 Å². The molecule has 0 aliphatic heterocycles. The summed E-state index contributed by atoms with van der Waals surface area (Å²) in [7, 11) is -3.64. The summed E-state index contributed by atoms with van der Waals surface area (Å²) in [6, 6.07) is 10.0. The number of hydrogen-bond acceptors (Lipinski definition) is 3. The Morgan fingerprint density at radius 2 is 1.68 bits per heavy atom. The fourth-order valence-electron chi connectivity index (χ4n) is 2.41. The molecular formula is C17H18Cl2N2O3S. The number of rotatable bonds is 5. The minimum Gasteiger partial charge on any atom is -0.323 e. The Balaban J connectivity index is 2.28. The van der Waals surface area contributed by atoms with Gasteiger partial charge >= 0.3 is 0 Å². The Hall–Kier alpha value is -1.76. The van der Waals surface area contributed by atoms with Crippen LogP contribution in [0.5, 0.6) is 0 Å². The smallest absolute Gasteiger partial charge is 0.245 e. The van der Waals surface area contributed by atoms with Gasteiger partial charge in [-0.05, 0) is 55.3 Å². The van der Waals surface area contributed by atoms with E-state index in [1.165, 1.54) is 6.07 Å². The number of amides is 1. The molecular weight excluding hydrogens is 383 g/mol. The third kappa shape index (κ3) is 5.36. The van der Waals surface area contributed by atoms with E-state index in [9.17, 15) is 13.2 Å². The highest BCUT2D eigenvalue weighted by Crippen LogP contribution is 2.26. The first-order valence-corrected chi connectivity index (χ1v) is 9.97. The Bertz CT molecular complexity index is 894. The molecule has 0 spiro atoms. The van der Waals surface area contributed by atoms with E-state index >= 15 is 0 Å². The second-order valence-electron chi connectivity index (χ2n) is 5.79. The first-order valence-electron chi connectivity index (χ1n) is 7.37. The number of sulfonamides is 1. The Kier molecular flexibility index (Phi) is 5.98. The predicted molar refractivity (Wildman–Crippen MR) is 103 cm³/mol. The molecule has 2 aromatic rings. The monoisotopic (exact) mass is 400 g/mol. The van der Waals surface area contributed by atoms with Gasteiger partial charge in [-0.15, -0.1) is 0 Å². The number of carbonyl (C=O) groups excluding carboxylic acids is 1. The molecule has 0 bridgehead atoms. The van der Waals surface area contributed by atoms with E-state index < -0.39 is 15.9 Å². The van der Waals surface area contributed by atoms with Gasteiger partial charge in [0.15, 0.2) is 0 Å². The maximum Gasteiger partial charge on any atom is 0.245 e. The maximum atomic E-state index is 12.4. The number of carbonyl (C=O) groups is 1. The lowest BCUT2D eigenvalue weighted by molar-refractivity contribution is -0.114. The molecule has 0 heterocycles. The SMILES string of the molecule is Cc1cc(C)cc(N(CC(=O)Nc2cc(Cl)ccc2Cl)S(C)(=O)=O)c1. The normalized spacial score (nSPS) is 11.2. The molecule has 2 aromatic carbocycles. The van der Waals surface area contributed by atoms with Crippen molar-refractivity contribution in [3.8, 4) is 0 Å². The Labute approximate surface area is 157 Å². The van der Waals surface area contributed by atoms with Crippen LogP contribution in [0.2, 0.25) is 10.0 Å². The van der Waals surface area contributed by atoms with Crippen LogP contribution in [0.1, 0.15) is 11.1 Å².